The van der Waals surface area contributed by atoms with Gasteiger partial charge in [0.2, 0.25) is 0 Å². The first-order valence-electron chi connectivity index (χ1n) is 6.46. The molecular formula is C17H12BrClFN. The number of nitrogens with two attached hydrogens (primary N) is 1. The summed E-state index contributed by atoms with van der Waals surface area (Å²) in [5.41, 5.74) is 7.56. The summed E-state index contributed by atoms with van der Waals surface area (Å²) in [6.07, 6.45) is 0. The van der Waals surface area contributed by atoms with Gasteiger partial charge in [-0.15, -0.1) is 0 Å². The lowest BCUT2D eigenvalue weighted by Crippen LogP contribution is -2.14. The predicted octanol–water partition coefficient (Wildman–Crippen LogP) is 5.44. The minimum Gasteiger partial charge on any atom is -0.320 e. The van der Waals surface area contributed by atoms with Crippen LogP contribution in [0.4, 0.5) is 4.39 Å². The highest BCUT2D eigenvalue weighted by atomic mass is 79.9. The fraction of sp³-hybridized carbons (Fsp3) is 0.0588. The van der Waals surface area contributed by atoms with Crippen molar-refractivity contribution in [1.82, 2.24) is 0 Å². The smallest absolute Gasteiger partial charge is 0.148 e. The van der Waals surface area contributed by atoms with Crippen LogP contribution in [0.3, 0.4) is 0 Å². The Labute approximate surface area is 135 Å². The third kappa shape index (κ3) is 2.57. The van der Waals surface area contributed by atoms with Crippen molar-refractivity contribution in [3.8, 4) is 0 Å². The van der Waals surface area contributed by atoms with E-state index in [1.165, 1.54) is 0 Å². The standard InChI is InChI=1S/C17H12BrClFN/c18-14-9-8-13(16(20)15(14)19)17(21)12-7-3-5-10-4-1-2-6-11(10)12/h1-9,17H,21H2. The molecule has 0 aliphatic heterocycles. The van der Waals surface area contributed by atoms with Crippen LogP contribution in [0.25, 0.3) is 10.8 Å². The zero-order valence-corrected chi connectivity index (χ0v) is 13.3. The summed E-state index contributed by atoms with van der Waals surface area (Å²) in [7, 11) is 0. The molecule has 0 heterocycles. The molecule has 0 bridgehead atoms. The molecule has 2 N–H and O–H groups in total. The van der Waals surface area contributed by atoms with E-state index >= 15 is 0 Å². The molecule has 3 aromatic carbocycles. The van der Waals surface area contributed by atoms with E-state index in [4.69, 9.17) is 17.3 Å². The monoisotopic (exact) mass is 363 g/mol. The van der Waals surface area contributed by atoms with Gasteiger partial charge in [-0.3, -0.25) is 0 Å². The van der Waals surface area contributed by atoms with E-state index in [-0.39, 0.29) is 5.02 Å². The molecule has 0 fully saturated rings. The third-order valence-corrected chi connectivity index (χ3v) is 4.82. The van der Waals surface area contributed by atoms with Crippen molar-refractivity contribution in [3.63, 3.8) is 0 Å². The van der Waals surface area contributed by atoms with Crippen molar-refractivity contribution < 1.29 is 4.39 Å². The van der Waals surface area contributed by atoms with Crippen LogP contribution in [0.1, 0.15) is 17.2 Å². The second kappa shape index (κ2) is 5.76. The van der Waals surface area contributed by atoms with E-state index in [1.807, 2.05) is 42.5 Å². The van der Waals surface area contributed by atoms with Crippen LogP contribution in [0, 0.1) is 5.82 Å². The molecule has 0 aromatic heterocycles. The normalized spacial score (nSPS) is 12.6. The Morgan fingerprint density at radius 1 is 0.952 bits per heavy atom. The molecule has 3 rings (SSSR count). The van der Waals surface area contributed by atoms with Gasteiger partial charge in [0.25, 0.3) is 0 Å². The Balaban J connectivity index is 2.17. The molecule has 106 valence electrons. The molecule has 0 saturated carbocycles. The first-order chi connectivity index (χ1) is 10.1. The summed E-state index contributed by atoms with van der Waals surface area (Å²) in [5.74, 6) is -0.480. The number of hydrogen-bond acceptors (Lipinski definition) is 1. The van der Waals surface area contributed by atoms with Crippen molar-refractivity contribution in [2.24, 2.45) is 5.73 Å². The van der Waals surface area contributed by atoms with Crippen LogP contribution in [0.2, 0.25) is 5.02 Å². The van der Waals surface area contributed by atoms with Crippen LogP contribution >= 0.6 is 27.5 Å². The van der Waals surface area contributed by atoms with Gasteiger partial charge < -0.3 is 5.73 Å². The van der Waals surface area contributed by atoms with Gasteiger partial charge in [-0.25, -0.2) is 4.39 Å². The van der Waals surface area contributed by atoms with Gasteiger partial charge in [-0.2, -0.15) is 0 Å². The summed E-state index contributed by atoms with van der Waals surface area (Å²) in [5, 5.41) is 2.16. The van der Waals surface area contributed by atoms with Crippen molar-refractivity contribution >= 4 is 38.3 Å². The van der Waals surface area contributed by atoms with Gasteiger partial charge in [0.1, 0.15) is 5.82 Å². The van der Waals surface area contributed by atoms with Crippen LogP contribution in [-0.2, 0) is 0 Å². The molecule has 0 aliphatic carbocycles. The predicted molar refractivity (Wildman–Crippen MR) is 89.1 cm³/mol. The van der Waals surface area contributed by atoms with Gasteiger partial charge in [0.05, 0.1) is 11.1 Å². The highest BCUT2D eigenvalue weighted by molar-refractivity contribution is 9.10. The molecule has 0 amide bonds. The number of rotatable bonds is 2. The quantitative estimate of drug-likeness (QED) is 0.602. The molecule has 1 atom stereocenters. The van der Waals surface area contributed by atoms with E-state index in [0.29, 0.717) is 10.0 Å². The van der Waals surface area contributed by atoms with Gasteiger partial charge in [0.15, 0.2) is 0 Å². The zero-order valence-electron chi connectivity index (χ0n) is 11.0. The third-order valence-electron chi connectivity index (χ3n) is 3.56. The van der Waals surface area contributed by atoms with E-state index in [1.54, 1.807) is 12.1 Å². The van der Waals surface area contributed by atoms with Crippen molar-refractivity contribution in [2.45, 2.75) is 6.04 Å². The molecule has 0 saturated heterocycles. The number of hydrogen-bond donors (Lipinski definition) is 1. The lowest BCUT2D eigenvalue weighted by molar-refractivity contribution is 0.600. The van der Waals surface area contributed by atoms with Crippen LogP contribution in [-0.4, -0.2) is 0 Å². The maximum absolute atomic E-state index is 14.4. The molecule has 0 aliphatic rings. The Morgan fingerprint density at radius 2 is 1.67 bits per heavy atom. The SMILES string of the molecule is NC(c1ccc(Br)c(Cl)c1F)c1cccc2ccccc12. The van der Waals surface area contributed by atoms with Gasteiger partial charge in [-0.05, 0) is 38.3 Å². The highest BCUT2D eigenvalue weighted by Gasteiger charge is 2.19. The molecule has 1 unspecified atom stereocenters. The minimum atomic E-state index is -0.568. The molecule has 4 heteroatoms. The molecular weight excluding hydrogens is 353 g/mol. The molecule has 1 nitrogen and oxygen atoms in total. The van der Waals surface area contributed by atoms with E-state index in [9.17, 15) is 4.39 Å². The molecule has 21 heavy (non-hydrogen) atoms. The van der Waals surface area contributed by atoms with Gasteiger partial charge in [0, 0.05) is 10.0 Å². The number of benzene rings is 3. The Bertz CT molecular complexity index is 814. The summed E-state index contributed by atoms with van der Waals surface area (Å²) in [6.45, 7) is 0. The van der Waals surface area contributed by atoms with E-state index in [2.05, 4.69) is 15.9 Å². The second-order valence-electron chi connectivity index (χ2n) is 4.81. The van der Waals surface area contributed by atoms with Gasteiger partial charge >= 0.3 is 0 Å². The molecule has 0 spiro atoms. The van der Waals surface area contributed by atoms with Crippen LogP contribution in [0.5, 0.6) is 0 Å². The number of fused-ring (bicyclic) bond motifs is 1. The highest BCUT2D eigenvalue weighted by Crippen LogP contribution is 2.34. The maximum Gasteiger partial charge on any atom is 0.148 e. The summed E-state index contributed by atoms with van der Waals surface area (Å²) < 4.78 is 14.9. The van der Waals surface area contributed by atoms with Crippen molar-refractivity contribution in [1.29, 1.82) is 0 Å². The van der Waals surface area contributed by atoms with Crippen molar-refractivity contribution in [2.75, 3.05) is 0 Å². The average Bonchev–Trinajstić information content (AvgIpc) is 2.51. The van der Waals surface area contributed by atoms with Gasteiger partial charge in [-0.1, -0.05) is 60.1 Å². The van der Waals surface area contributed by atoms with Crippen LogP contribution in [0.15, 0.2) is 59.1 Å². The fourth-order valence-electron chi connectivity index (χ4n) is 2.47. The summed E-state index contributed by atoms with van der Waals surface area (Å²) >= 11 is 9.17. The zero-order chi connectivity index (χ0) is 15.0. The minimum absolute atomic E-state index is 0.0585. The number of halogens is 3. The second-order valence-corrected chi connectivity index (χ2v) is 6.04. The maximum atomic E-state index is 14.4. The van der Waals surface area contributed by atoms with E-state index < -0.39 is 11.9 Å². The largest absolute Gasteiger partial charge is 0.320 e. The Hall–Kier alpha value is -1.42. The molecule has 0 radical (unpaired) electrons. The Morgan fingerprint density at radius 3 is 2.48 bits per heavy atom. The fourth-order valence-corrected chi connectivity index (χ4v) is 2.95. The first kappa shape index (κ1) is 14.5. The average molecular weight is 365 g/mol. The Kier molecular flexibility index (Phi) is 3.98. The summed E-state index contributed by atoms with van der Waals surface area (Å²) in [6, 6.07) is 16.6. The van der Waals surface area contributed by atoms with Crippen molar-refractivity contribution in [3.05, 3.63) is 81.0 Å². The van der Waals surface area contributed by atoms with Crippen LogP contribution < -0.4 is 5.73 Å². The summed E-state index contributed by atoms with van der Waals surface area (Å²) in [4.78, 5) is 0. The van der Waals surface area contributed by atoms with E-state index in [0.717, 1.165) is 16.3 Å². The lowest BCUT2D eigenvalue weighted by atomic mass is 9.94. The lowest BCUT2D eigenvalue weighted by Gasteiger charge is -2.17. The first-order valence-corrected chi connectivity index (χ1v) is 7.63. The topological polar surface area (TPSA) is 26.0 Å². The molecule has 3 aromatic rings.